The summed E-state index contributed by atoms with van der Waals surface area (Å²) in [4.78, 5) is 26.4. The minimum Gasteiger partial charge on any atom is -0.442 e. The molecule has 3 heterocycles. The van der Waals surface area contributed by atoms with Gasteiger partial charge in [0.15, 0.2) is 0 Å². The van der Waals surface area contributed by atoms with Gasteiger partial charge in [0, 0.05) is 36.9 Å². The predicted octanol–water partition coefficient (Wildman–Crippen LogP) is 1.84. The Kier molecular flexibility index (Phi) is 4.02. The maximum atomic E-state index is 14.5. The molecule has 8 heteroatoms. The normalized spacial score (nSPS) is 23.9. The summed E-state index contributed by atoms with van der Waals surface area (Å²) in [7, 11) is 0. The van der Waals surface area contributed by atoms with E-state index >= 15 is 0 Å². The van der Waals surface area contributed by atoms with Crippen molar-refractivity contribution < 1.29 is 18.7 Å². The van der Waals surface area contributed by atoms with E-state index in [9.17, 15) is 14.0 Å². The third-order valence-corrected chi connectivity index (χ3v) is 6.54. The standard InChI is InChI=1S/C17H20FN3O3S/c1-11(22)19-5-13-6-21(16(23)24-13)12-2-3-15(14(18)4-12)20-7-17(8-20)9-25-10-17/h2-4,13H,5-10H2,1H3,(H,19,22). The number of carbonyl (C=O) groups is 2. The van der Waals surface area contributed by atoms with Gasteiger partial charge in [0.2, 0.25) is 5.91 Å². The number of hydrogen-bond acceptors (Lipinski definition) is 5. The summed E-state index contributed by atoms with van der Waals surface area (Å²) >= 11 is 1.94. The molecule has 6 nitrogen and oxygen atoms in total. The lowest BCUT2D eigenvalue weighted by atomic mass is 9.82. The highest BCUT2D eigenvalue weighted by Gasteiger charge is 2.48. The predicted molar refractivity (Wildman–Crippen MR) is 94.7 cm³/mol. The van der Waals surface area contributed by atoms with Crippen LogP contribution >= 0.6 is 11.8 Å². The van der Waals surface area contributed by atoms with Crippen LogP contribution in [0.25, 0.3) is 0 Å². The van der Waals surface area contributed by atoms with E-state index in [4.69, 9.17) is 4.74 Å². The molecule has 1 N–H and O–H groups in total. The van der Waals surface area contributed by atoms with E-state index in [0.717, 1.165) is 13.1 Å². The van der Waals surface area contributed by atoms with E-state index in [1.807, 2.05) is 11.8 Å². The number of ether oxygens (including phenoxy) is 1. The van der Waals surface area contributed by atoms with Gasteiger partial charge in [0.25, 0.3) is 0 Å². The van der Waals surface area contributed by atoms with Crippen LogP contribution in [0, 0.1) is 11.2 Å². The average Bonchev–Trinajstić information content (AvgIpc) is 2.85. The minimum atomic E-state index is -0.517. The summed E-state index contributed by atoms with van der Waals surface area (Å²) in [6.45, 7) is 3.76. The second kappa shape index (κ2) is 6.09. The van der Waals surface area contributed by atoms with Crippen molar-refractivity contribution in [3.8, 4) is 0 Å². The van der Waals surface area contributed by atoms with Crippen LogP contribution in [0.3, 0.4) is 0 Å². The molecule has 1 aromatic carbocycles. The third-order valence-electron chi connectivity index (χ3n) is 4.91. The fourth-order valence-electron chi connectivity index (χ4n) is 3.52. The van der Waals surface area contributed by atoms with E-state index in [-0.39, 0.29) is 18.3 Å². The number of cyclic esters (lactones) is 1. The lowest BCUT2D eigenvalue weighted by Gasteiger charge is -2.56. The van der Waals surface area contributed by atoms with Gasteiger partial charge in [-0.1, -0.05) is 0 Å². The maximum absolute atomic E-state index is 14.5. The van der Waals surface area contributed by atoms with E-state index in [1.54, 1.807) is 12.1 Å². The second-order valence-electron chi connectivity index (χ2n) is 7.04. The number of nitrogens with zero attached hydrogens (tertiary/aromatic N) is 2. The molecule has 3 aliphatic rings. The van der Waals surface area contributed by atoms with Crippen LogP contribution in [0.2, 0.25) is 0 Å². The Labute approximate surface area is 149 Å². The zero-order valence-electron chi connectivity index (χ0n) is 14.0. The molecule has 1 atom stereocenters. The fourth-order valence-corrected chi connectivity index (χ4v) is 4.67. The topological polar surface area (TPSA) is 61.9 Å². The van der Waals surface area contributed by atoms with Crippen LogP contribution in [0.1, 0.15) is 6.92 Å². The first kappa shape index (κ1) is 16.5. The van der Waals surface area contributed by atoms with Crippen molar-refractivity contribution in [3.63, 3.8) is 0 Å². The molecule has 1 spiro atoms. The fraction of sp³-hybridized carbons (Fsp3) is 0.529. The zero-order chi connectivity index (χ0) is 17.6. The van der Waals surface area contributed by atoms with Gasteiger partial charge in [0.1, 0.15) is 11.9 Å². The van der Waals surface area contributed by atoms with E-state index in [2.05, 4.69) is 10.2 Å². The first-order chi connectivity index (χ1) is 12.0. The molecule has 3 aliphatic heterocycles. The van der Waals surface area contributed by atoms with E-state index in [1.165, 1.54) is 29.4 Å². The molecule has 1 aromatic rings. The highest BCUT2D eigenvalue weighted by molar-refractivity contribution is 8.00. The van der Waals surface area contributed by atoms with Gasteiger partial charge in [-0.2, -0.15) is 11.8 Å². The van der Waals surface area contributed by atoms with Gasteiger partial charge in [-0.25, -0.2) is 9.18 Å². The van der Waals surface area contributed by atoms with Gasteiger partial charge in [-0.3, -0.25) is 9.69 Å². The molecule has 0 radical (unpaired) electrons. The summed E-state index contributed by atoms with van der Waals surface area (Å²) < 4.78 is 19.8. The van der Waals surface area contributed by atoms with Crippen molar-refractivity contribution in [3.05, 3.63) is 24.0 Å². The summed E-state index contributed by atoms with van der Waals surface area (Å²) in [5.74, 6) is 1.83. The first-order valence-electron chi connectivity index (χ1n) is 8.31. The van der Waals surface area contributed by atoms with E-state index < -0.39 is 12.2 Å². The molecule has 2 amide bonds. The zero-order valence-corrected chi connectivity index (χ0v) is 14.8. The highest BCUT2D eigenvalue weighted by Crippen LogP contribution is 2.47. The Bertz CT molecular complexity index is 717. The molecule has 3 saturated heterocycles. The summed E-state index contributed by atoms with van der Waals surface area (Å²) in [6.07, 6.45) is -0.942. The van der Waals surface area contributed by atoms with Gasteiger partial charge in [-0.15, -0.1) is 0 Å². The molecule has 0 aromatic heterocycles. The number of carbonyl (C=O) groups excluding carboxylic acids is 2. The highest BCUT2D eigenvalue weighted by atomic mass is 32.2. The minimum absolute atomic E-state index is 0.179. The van der Waals surface area contributed by atoms with Gasteiger partial charge >= 0.3 is 6.09 Å². The van der Waals surface area contributed by atoms with Crippen LogP contribution in [0.5, 0.6) is 0 Å². The Balaban J connectivity index is 1.42. The second-order valence-corrected chi connectivity index (χ2v) is 8.02. The molecule has 0 saturated carbocycles. The Hall–Kier alpha value is -1.96. The Morgan fingerprint density at radius 1 is 1.44 bits per heavy atom. The smallest absolute Gasteiger partial charge is 0.414 e. The maximum Gasteiger partial charge on any atom is 0.414 e. The summed E-state index contributed by atoms with van der Waals surface area (Å²) in [5.41, 5.74) is 1.46. The number of rotatable bonds is 4. The third kappa shape index (κ3) is 3.03. The lowest BCUT2D eigenvalue weighted by Crippen LogP contribution is -2.63. The molecule has 1 unspecified atom stereocenters. The van der Waals surface area contributed by atoms with Gasteiger partial charge in [0.05, 0.1) is 24.5 Å². The number of thioether (sulfide) groups is 1. The number of anilines is 2. The lowest BCUT2D eigenvalue weighted by molar-refractivity contribution is -0.119. The van der Waals surface area contributed by atoms with Crippen molar-refractivity contribution in [1.82, 2.24) is 5.32 Å². The molecule has 134 valence electrons. The van der Waals surface area contributed by atoms with Gasteiger partial charge < -0.3 is 15.0 Å². The Morgan fingerprint density at radius 2 is 2.20 bits per heavy atom. The van der Waals surface area contributed by atoms with Crippen molar-refractivity contribution in [2.45, 2.75) is 13.0 Å². The summed E-state index contributed by atoms with van der Waals surface area (Å²) in [6, 6.07) is 4.87. The average molecular weight is 365 g/mol. The Morgan fingerprint density at radius 3 is 2.80 bits per heavy atom. The van der Waals surface area contributed by atoms with Gasteiger partial charge in [-0.05, 0) is 18.2 Å². The number of amides is 2. The molecule has 25 heavy (non-hydrogen) atoms. The van der Waals surface area contributed by atoms with Crippen molar-refractivity contribution in [2.75, 3.05) is 47.5 Å². The molecular weight excluding hydrogens is 345 g/mol. The molecular formula is C17H20FN3O3S. The number of nitrogens with one attached hydrogen (secondary N) is 1. The van der Waals surface area contributed by atoms with Crippen molar-refractivity contribution in [1.29, 1.82) is 0 Å². The van der Waals surface area contributed by atoms with Crippen LogP contribution in [0.15, 0.2) is 18.2 Å². The molecule has 4 rings (SSSR count). The monoisotopic (exact) mass is 365 g/mol. The first-order valence-corrected chi connectivity index (χ1v) is 9.46. The van der Waals surface area contributed by atoms with Crippen molar-refractivity contribution >= 4 is 35.1 Å². The number of benzene rings is 1. The number of halogens is 1. The molecule has 3 fully saturated rings. The van der Waals surface area contributed by atoms with Crippen LogP contribution in [0.4, 0.5) is 20.6 Å². The van der Waals surface area contributed by atoms with Crippen LogP contribution in [-0.4, -0.2) is 55.8 Å². The largest absolute Gasteiger partial charge is 0.442 e. The SMILES string of the molecule is CC(=O)NCC1CN(c2ccc(N3CC4(CSC4)C3)c(F)c2)C(=O)O1. The van der Waals surface area contributed by atoms with Crippen LogP contribution in [-0.2, 0) is 9.53 Å². The molecule has 0 aliphatic carbocycles. The quantitative estimate of drug-likeness (QED) is 0.882. The summed E-state index contributed by atoms with van der Waals surface area (Å²) in [5, 5.41) is 2.62. The molecule has 0 bridgehead atoms. The van der Waals surface area contributed by atoms with Crippen LogP contribution < -0.4 is 15.1 Å². The number of hydrogen-bond donors (Lipinski definition) is 1. The van der Waals surface area contributed by atoms with Crippen molar-refractivity contribution in [2.24, 2.45) is 5.41 Å². The van der Waals surface area contributed by atoms with E-state index in [0.29, 0.717) is 23.3 Å².